The van der Waals surface area contributed by atoms with Crippen LogP contribution in [-0.2, 0) is 6.42 Å². The highest BCUT2D eigenvalue weighted by Crippen LogP contribution is 2.32. The molecule has 1 aromatic rings. The van der Waals surface area contributed by atoms with Crippen molar-refractivity contribution in [3.63, 3.8) is 0 Å². The fraction of sp³-hybridized carbons (Fsp3) is 0.600. The van der Waals surface area contributed by atoms with E-state index in [0.717, 1.165) is 43.9 Å². The van der Waals surface area contributed by atoms with E-state index in [1.807, 2.05) is 6.07 Å². The van der Waals surface area contributed by atoms with Gasteiger partial charge in [0.15, 0.2) is 11.5 Å². The first-order valence-corrected chi connectivity index (χ1v) is 6.93. The topological polar surface area (TPSA) is 56.5 Å². The summed E-state index contributed by atoms with van der Waals surface area (Å²) in [6, 6.07) is 6.14. The summed E-state index contributed by atoms with van der Waals surface area (Å²) in [5, 5.41) is 3.45. The standard InChI is InChI=1S/C15H24N2O2/c1-15(2,16)7-3-8-17-9-6-12-4-5-13-14(10-12)19-11-18-13/h4-5,10,17H,3,6-9,11,16H2,1-2H3. The largest absolute Gasteiger partial charge is 0.454 e. The van der Waals surface area contributed by atoms with Gasteiger partial charge in [0.25, 0.3) is 0 Å². The van der Waals surface area contributed by atoms with E-state index in [4.69, 9.17) is 15.2 Å². The Balaban J connectivity index is 1.63. The quantitative estimate of drug-likeness (QED) is 0.740. The summed E-state index contributed by atoms with van der Waals surface area (Å²) in [4.78, 5) is 0. The molecule has 3 N–H and O–H groups in total. The fourth-order valence-electron chi connectivity index (χ4n) is 2.12. The molecule has 19 heavy (non-hydrogen) atoms. The summed E-state index contributed by atoms with van der Waals surface area (Å²) >= 11 is 0. The van der Waals surface area contributed by atoms with Gasteiger partial charge in [-0.1, -0.05) is 6.07 Å². The first-order valence-electron chi connectivity index (χ1n) is 6.93. The minimum absolute atomic E-state index is 0.0565. The molecule has 2 rings (SSSR count). The van der Waals surface area contributed by atoms with Gasteiger partial charge in [-0.05, 0) is 63.9 Å². The smallest absolute Gasteiger partial charge is 0.231 e. The first-order chi connectivity index (χ1) is 9.04. The Hall–Kier alpha value is -1.26. The van der Waals surface area contributed by atoms with Gasteiger partial charge in [0.05, 0.1) is 0 Å². The van der Waals surface area contributed by atoms with E-state index in [0.29, 0.717) is 6.79 Å². The highest BCUT2D eigenvalue weighted by molar-refractivity contribution is 5.44. The summed E-state index contributed by atoms with van der Waals surface area (Å²) in [6.07, 6.45) is 3.16. The Morgan fingerprint density at radius 1 is 1.21 bits per heavy atom. The molecule has 0 bridgehead atoms. The average molecular weight is 264 g/mol. The van der Waals surface area contributed by atoms with E-state index >= 15 is 0 Å². The molecule has 4 heteroatoms. The van der Waals surface area contributed by atoms with E-state index in [2.05, 4.69) is 31.3 Å². The molecule has 0 radical (unpaired) electrons. The summed E-state index contributed by atoms with van der Waals surface area (Å²) in [7, 11) is 0. The van der Waals surface area contributed by atoms with Crippen LogP contribution in [0.25, 0.3) is 0 Å². The monoisotopic (exact) mass is 264 g/mol. The van der Waals surface area contributed by atoms with Crippen molar-refractivity contribution in [2.45, 2.75) is 38.6 Å². The molecule has 0 atom stereocenters. The molecule has 0 fully saturated rings. The van der Waals surface area contributed by atoms with Crippen LogP contribution in [-0.4, -0.2) is 25.4 Å². The molecule has 0 aromatic heterocycles. The molecule has 0 aliphatic carbocycles. The van der Waals surface area contributed by atoms with Crippen molar-refractivity contribution >= 4 is 0 Å². The lowest BCUT2D eigenvalue weighted by Crippen LogP contribution is -2.33. The second-order valence-electron chi connectivity index (χ2n) is 5.78. The molecule has 1 aromatic carbocycles. The number of nitrogens with two attached hydrogens (primary N) is 1. The van der Waals surface area contributed by atoms with Crippen LogP contribution in [0.5, 0.6) is 11.5 Å². The Labute approximate surface area is 115 Å². The van der Waals surface area contributed by atoms with Gasteiger partial charge in [0, 0.05) is 5.54 Å². The molecule has 1 heterocycles. The maximum absolute atomic E-state index is 5.94. The zero-order valence-corrected chi connectivity index (χ0v) is 11.9. The molecule has 4 nitrogen and oxygen atoms in total. The van der Waals surface area contributed by atoms with Crippen molar-refractivity contribution in [2.24, 2.45) is 5.73 Å². The molecule has 0 unspecified atom stereocenters. The number of hydrogen-bond donors (Lipinski definition) is 2. The van der Waals surface area contributed by atoms with Crippen molar-refractivity contribution < 1.29 is 9.47 Å². The highest BCUT2D eigenvalue weighted by atomic mass is 16.7. The van der Waals surface area contributed by atoms with Gasteiger partial charge in [-0.15, -0.1) is 0 Å². The van der Waals surface area contributed by atoms with E-state index in [1.165, 1.54) is 5.56 Å². The summed E-state index contributed by atoms with van der Waals surface area (Å²) in [6.45, 7) is 6.47. The lowest BCUT2D eigenvalue weighted by Gasteiger charge is -2.17. The maximum atomic E-state index is 5.94. The van der Waals surface area contributed by atoms with Crippen LogP contribution >= 0.6 is 0 Å². The van der Waals surface area contributed by atoms with Crippen LogP contribution in [0, 0.1) is 0 Å². The summed E-state index contributed by atoms with van der Waals surface area (Å²) in [5.41, 5.74) is 7.16. The van der Waals surface area contributed by atoms with Crippen LogP contribution in [0.15, 0.2) is 18.2 Å². The van der Waals surface area contributed by atoms with Gasteiger partial charge in [-0.2, -0.15) is 0 Å². The molecular formula is C15H24N2O2. The average Bonchev–Trinajstić information content (AvgIpc) is 2.79. The minimum Gasteiger partial charge on any atom is -0.454 e. The van der Waals surface area contributed by atoms with Gasteiger partial charge in [-0.25, -0.2) is 0 Å². The lowest BCUT2D eigenvalue weighted by molar-refractivity contribution is 0.174. The van der Waals surface area contributed by atoms with Gasteiger partial charge < -0.3 is 20.5 Å². The molecule has 0 spiro atoms. The molecule has 1 aliphatic heterocycles. The van der Waals surface area contributed by atoms with Crippen molar-refractivity contribution in [2.75, 3.05) is 19.9 Å². The van der Waals surface area contributed by atoms with Crippen molar-refractivity contribution in [1.82, 2.24) is 5.32 Å². The van der Waals surface area contributed by atoms with E-state index in [1.54, 1.807) is 0 Å². The number of nitrogens with one attached hydrogen (secondary N) is 1. The van der Waals surface area contributed by atoms with Gasteiger partial charge in [0.1, 0.15) is 0 Å². The molecule has 106 valence electrons. The first kappa shape index (κ1) is 14.2. The molecular weight excluding hydrogens is 240 g/mol. The van der Waals surface area contributed by atoms with Crippen molar-refractivity contribution in [3.05, 3.63) is 23.8 Å². The zero-order chi connectivity index (χ0) is 13.7. The normalized spacial score (nSPS) is 13.8. The van der Waals surface area contributed by atoms with E-state index < -0.39 is 0 Å². The molecule has 0 saturated heterocycles. The number of fused-ring (bicyclic) bond motifs is 1. The Kier molecular flexibility index (Phi) is 4.66. The van der Waals surface area contributed by atoms with Crippen molar-refractivity contribution in [3.8, 4) is 11.5 Å². The van der Waals surface area contributed by atoms with Crippen LogP contribution in [0.1, 0.15) is 32.3 Å². The predicted molar refractivity (Wildman–Crippen MR) is 76.6 cm³/mol. The van der Waals surface area contributed by atoms with Crippen LogP contribution in [0.3, 0.4) is 0 Å². The Morgan fingerprint density at radius 3 is 2.79 bits per heavy atom. The highest BCUT2D eigenvalue weighted by Gasteiger charge is 2.13. The summed E-state index contributed by atoms with van der Waals surface area (Å²) in [5.74, 6) is 1.71. The second-order valence-corrected chi connectivity index (χ2v) is 5.78. The third-order valence-corrected chi connectivity index (χ3v) is 3.20. The third kappa shape index (κ3) is 4.73. The number of ether oxygens (including phenoxy) is 2. The minimum atomic E-state index is -0.0565. The number of hydrogen-bond acceptors (Lipinski definition) is 4. The molecule has 0 saturated carbocycles. The zero-order valence-electron chi connectivity index (χ0n) is 11.9. The van der Waals surface area contributed by atoms with Gasteiger partial charge >= 0.3 is 0 Å². The van der Waals surface area contributed by atoms with Crippen molar-refractivity contribution in [1.29, 1.82) is 0 Å². The summed E-state index contributed by atoms with van der Waals surface area (Å²) < 4.78 is 10.7. The number of benzene rings is 1. The fourth-order valence-corrected chi connectivity index (χ4v) is 2.12. The van der Waals surface area contributed by atoms with Crippen LogP contribution in [0.2, 0.25) is 0 Å². The Bertz CT molecular complexity index is 413. The second kappa shape index (κ2) is 6.26. The van der Waals surface area contributed by atoms with Crippen LogP contribution in [0.4, 0.5) is 0 Å². The molecule has 0 amide bonds. The maximum Gasteiger partial charge on any atom is 0.231 e. The van der Waals surface area contributed by atoms with E-state index in [-0.39, 0.29) is 5.54 Å². The SMILES string of the molecule is CC(C)(N)CCCNCCc1ccc2c(c1)OCO2. The van der Waals surface area contributed by atoms with E-state index in [9.17, 15) is 0 Å². The van der Waals surface area contributed by atoms with Gasteiger partial charge in [0.2, 0.25) is 6.79 Å². The van der Waals surface area contributed by atoms with Crippen LogP contribution < -0.4 is 20.5 Å². The predicted octanol–water partition coefficient (Wildman–Crippen LogP) is 2.06. The third-order valence-electron chi connectivity index (χ3n) is 3.20. The lowest BCUT2D eigenvalue weighted by atomic mass is 10.0. The Morgan fingerprint density at radius 2 is 2.00 bits per heavy atom. The number of rotatable bonds is 7. The molecule has 1 aliphatic rings. The van der Waals surface area contributed by atoms with Gasteiger partial charge in [-0.3, -0.25) is 0 Å².